The highest BCUT2D eigenvalue weighted by molar-refractivity contribution is 5.89. The molecule has 9 nitrogen and oxygen atoms in total. The van der Waals surface area contributed by atoms with Crippen molar-refractivity contribution in [3.05, 3.63) is 29.8 Å². The van der Waals surface area contributed by atoms with Crippen LogP contribution in [0.4, 0.5) is 4.79 Å². The molecule has 2 heterocycles. The Hall–Kier alpha value is -2.81. The molecule has 2 saturated heterocycles. The maximum atomic E-state index is 12.7. The minimum absolute atomic E-state index is 0.0385. The van der Waals surface area contributed by atoms with Crippen molar-refractivity contribution < 1.29 is 29.0 Å². The van der Waals surface area contributed by atoms with Crippen LogP contribution in [-0.4, -0.2) is 96.8 Å². The van der Waals surface area contributed by atoms with Gasteiger partial charge in [-0.15, -0.1) is 0 Å². The second-order valence-electron chi connectivity index (χ2n) is 8.66. The summed E-state index contributed by atoms with van der Waals surface area (Å²) in [4.78, 5) is 41.4. The fraction of sp³-hybridized carbons (Fsp3) is 0.591. The number of carbonyl (C=O) groups is 3. The summed E-state index contributed by atoms with van der Waals surface area (Å²) in [6.07, 6.45) is 0.240. The lowest BCUT2D eigenvalue weighted by atomic mass is 9.78. The van der Waals surface area contributed by atoms with Crippen LogP contribution in [0.3, 0.4) is 0 Å². The van der Waals surface area contributed by atoms with Crippen LogP contribution in [0, 0.1) is 11.8 Å². The lowest BCUT2D eigenvalue weighted by molar-refractivity contribution is -0.130. The van der Waals surface area contributed by atoms with Crippen LogP contribution < -0.4 is 4.74 Å². The van der Waals surface area contributed by atoms with Crippen LogP contribution >= 0.6 is 0 Å². The number of esters is 1. The van der Waals surface area contributed by atoms with Crippen molar-refractivity contribution in [2.45, 2.75) is 25.0 Å². The highest BCUT2D eigenvalue weighted by atomic mass is 16.5. The molecule has 0 aromatic heterocycles. The number of aliphatic hydroxyl groups is 1. The maximum Gasteiger partial charge on any atom is 0.337 e. The molecular weight excluding hydrogens is 402 g/mol. The first kappa shape index (κ1) is 21.4. The molecule has 2 aliphatic heterocycles. The van der Waals surface area contributed by atoms with Gasteiger partial charge < -0.3 is 29.3 Å². The van der Waals surface area contributed by atoms with E-state index in [4.69, 9.17) is 9.47 Å². The van der Waals surface area contributed by atoms with Crippen LogP contribution in [0.15, 0.2) is 24.3 Å². The highest BCUT2D eigenvalue weighted by Gasteiger charge is 2.44. The van der Waals surface area contributed by atoms with E-state index in [2.05, 4.69) is 0 Å². The number of hydrogen-bond acceptors (Lipinski definition) is 6. The molecule has 1 N–H and O–H groups in total. The Kier molecular flexibility index (Phi) is 6.04. The number of ether oxygens (including phenoxy) is 2. The number of methoxy groups -OCH3 is 1. The zero-order valence-electron chi connectivity index (χ0n) is 17.9. The molecule has 0 unspecified atom stereocenters. The molecule has 31 heavy (non-hydrogen) atoms. The van der Waals surface area contributed by atoms with Crippen LogP contribution in [0.1, 0.15) is 23.2 Å². The van der Waals surface area contributed by atoms with Crippen molar-refractivity contribution >= 4 is 17.9 Å². The van der Waals surface area contributed by atoms with E-state index in [-0.39, 0.29) is 36.4 Å². The second-order valence-corrected chi connectivity index (χ2v) is 8.66. The average Bonchev–Trinajstić information content (AvgIpc) is 3.32. The lowest BCUT2D eigenvalue weighted by Crippen LogP contribution is -2.42. The number of aliphatic hydroxyl groups excluding tert-OH is 1. The quantitative estimate of drug-likeness (QED) is 0.693. The summed E-state index contributed by atoms with van der Waals surface area (Å²) in [6.45, 7) is 2.56. The molecule has 3 amide bonds. The first-order chi connectivity index (χ1) is 14.9. The summed E-state index contributed by atoms with van der Waals surface area (Å²) in [5.74, 6) is 0.618. The number of fused-ring (bicyclic) bond motifs is 1. The molecule has 1 aromatic rings. The fourth-order valence-corrected chi connectivity index (χ4v) is 4.80. The number of carbonyl (C=O) groups excluding carboxylic acids is 3. The van der Waals surface area contributed by atoms with Gasteiger partial charge in [-0.2, -0.15) is 0 Å². The smallest absolute Gasteiger partial charge is 0.337 e. The summed E-state index contributed by atoms with van der Waals surface area (Å²) in [5.41, 5.74) is 0.437. The van der Waals surface area contributed by atoms with Crippen molar-refractivity contribution in [2.75, 3.05) is 46.9 Å². The number of nitrogens with zero attached hydrogens (tertiary/aromatic N) is 3. The number of amides is 3. The van der Waals surface area contributed by atoms with Gasteiger partial charge in [-0.05, 0) is 48.9 Å². The van der Waals surface area contributed by atoms with E-state index in [1.165, 1.54) is 7.11 Å². The first-order valence-electron chi connectivity index (χ1n) is 10.7. The summed E-state index contributed by atoms with van der Waals surface area (Å²) < 4.78 is 10.7. The van der Waals surface area contributed by atoms with Gasteiger partial charge in [0, 0.05) is 33.2 Å². The molecule has 1 aromatic carbocycles. The van der Waals surface area contributed by atoms with Gasteiger partial charge in [0.25, 0.3) is 0 Å². The number of likely N-dealkylation sites (tertiary alicyclic amines) is 1. The van der Waals surface area contributed by atoms with Crippen molar-refractivity contribution in [3.8, 4) is 5.75 Å². The molecule has 0 spiro atoms. The van der Waals surface area contributed by atoms with E-state index >= 15 is 0 Å². The van der Waals surface area contributed by atoms with Crippen LogP contribution in [-0.2, 0) is 9.53 Å². The SMILES string of the molecule is COC(=O)c1ccc(O[C@H]2C[C@@H]3CN(C(=O)CN4CCN(C)C4=O)C[C@@H]3C[C@@H]2O)cc1. The van der Waals surface area contributed by atoms with E-state index in [0.29, 0.717) is 50.3 Å². The van der Waals surface area contributed by atoms with Gasteiger partial charge in [-0.1, -0.05) is 0 Å². The van der Waals surface area contributed by atoms with Gasteiger partial charge in [0.15, 0.2) is 0 Å². The van der Waals surface area contributed by atoms with Gasteiger partial charge in [-0.25, -0.2) is 9.59 Å². The molecule has 4 rings (SSSR count). The number of hydrogen-bond donors (Lipinski definition) is 1. The Morgan fingerprint density at radius 2 is 1.77 bits per heavy atom. The third-order valence-electron chi connectivity index (χ3n) is 6.63. The summed E-state index contributed by atoms with van der Waals surface area (Å²) in [6, 6.07) is 6.55. The number of urea groups is 1. The Bertz CT molecular complexity index is 844. The van der Waals surface area contributed by atoms with E-state index in [9.17, 15) is 19.5 Å². The molecule has 168 valence electrons. The topological polar surface area (TPSA) is 99.6 Å². The second kappa shape index (κ2) is 8.74. The number of rotatable bonds is 5. The summed E-state index contributed by atoms with van der Waals surface area (Å²) in [7, 11) is 3.07. The Balaban J connectivity index is 1.33. The molecule has 3 fully saturated rings. The third-order valence-corrected chi connectivity index (χ3v) is 6.63. The molecule has 1 aliphatic carbocycles. The van der Waals surface area contributed by atoms with Crippen LogP contribution in [0.5, 0.6) is 5.75 Å². The van der Waals surface area contributed by atoms with Crippen molar-refractivity contribution in [1.29, 1.82) is 0 Å². The monoisotopic (exact) mass is 431 g/mol. The Morgan fingerprint density at radius 3 is 2.39 bits per heavy atom. The highest BCUT2D eigenvalue weighted by Crippen LogP contribution is 2.38. The van der Waals surface area contributed by atoms with Gasteiger partial charge in [0.2, 0.25) is 5.91 Å². The van der Waals surface area contributed by atoms with E-state index in [1.807, 2.05) is 4.90 Å². The molecule has 0 bridgehead atoms. The molecule has 3 aliphatic rings. The number of likely N-dealkylation sites (N-methyl/N-ethyl adjacent to an activating group) is 1. The predicted molar refractivity (Wildman–Crippen MR) is 111 cm³/mol. The van der Waals surface area contributed by atoms with Crippen LogP contribution in [0.2, 0.25) is 0 Å². The van der Waals surface area contributed by atoms with Crippen molar-refractivity contribution in [3.63, 3.8) is 0 Å². The van der Waals surface area contributed by atoms with Crippen molar-refractivity contribution in [2.24, 2.45) is 11.8 Å². The zero-order valence-corrected chi connectivity index (χ0v) is 17.9. The molecule has 1 saturated carbocycles. The standard InChI is InChI=1S/C22H29N3O6/c1-23-7-8-24(22(23)29)13-20(27)25-11-15-9-18(26)19(10-16(15)12-25)31-17-5-3-14(4-6-17)21(28)30-2/h3-6,15-16,18-19,26H,7-13H2,1-2H3/t15-,16+,18-,19-/m0/s1. The van der Waals surface area contributed by atoms with E-state index in [1.54, 1.807) is 41.1 Å². The third kappa shape index (κ3) is 4.46. The maximum absolute atomic E-state index is 12.7. The number of benzene rings is 1. The Labute approximate surface area is 181 Å². The van der Waals surface area contributed by atoms with E-state index < -0.39 is 12.1 Å². The normalized spacial score (nSPS) is 28.0. The Morgan fingerprint density at radius 1 is 1.10 bits per heavy atom. The molecule has 9 heteroatoms. The summed E-state index contributed by atoms with van der Waals surface area (Å²) >= 11 is 0. The predicted octanol–water partition coefficient (Wildman–Crippen LogP) is 0.817. The molecule has 0 radical (unpaired) electrons. The zero-order chi connectivity index (χ0) is 22.1. The fourth-order valence-electron chi connectivity index (χ4n) is 4.80. The van der Waals surface area contributed by atoms with Crippen LogP contribution in [0.25, 0.3) is 0 Å². The summed E-state index contributed by atoms with van der Waals surface area (Å²) in [5, 5.41) is 10.6. The van der Waals surface area contributed by atoms with Gasteiger partial charge in [0.05, 0.1) is 18.8 Å². The molecular formula is C22H29N3O6. The minimum atomic E-state index is -0.620. The van der Waals surface area contributed by atoms with Gasteiger partial charge in [-0.3, -0.25) is 4.79 Å². The van der Waals surface area contributed by atoms with Crippen molar-refractivity contribution in [1.82, 2.24) is 14.7 Å². The first-order valence-corrected chi connectivity index (χ1v) is 10.7. The molecule has 4 atom stereocenters. The van der Waals surface area contributed by atoms with Gasteiger partial charge >= 0.3 is 12.0 Å². The average molecular weight is 431 g/mol. The van der Waals surface area contributed by atoms with Gasteiger partial charge in [0.1, 0.15) is 18.4 Å². The largest absolute Gasteiger partial charge is 0.488 e. The minimum Gasteiger partial charge on any atom is -0.488 e. The lowest BCUT2D eigenvalue weighted by Gasteiger charge is -2.35. The van der Waals surface area contributed by atoms with E-state index in [0.717, 1.165) is 0 Å².